The van der Waals surface area contributed by atoms with Gasteiger partial charge in [-0.2, -0.15) is 0 Å². The van der Waals surface area contributed by atoms with E-state index in [4.69, 9.17) is 4.74 Å². The van der Waals surface area contributed by atoms with Gasteiger partial charge >= 0.3 is 0 Å². The molecule has 3 heteroatoms. The lowest BCUT2D eigenvalue weighted by atomic mass is 10.1. The Morgan fingerprint density at radius 1 is 0.833 bits per heavy atom. The zero-order valence-corrected chi connectivity index (χ0v) is 13.5. The molecule has 24 heavy (non-hydrogen) atoms. The topological polar surface area (TPSA) is 38.3 Å². The third-order valence-corrected chi connectivity index (χ3v) is 3.75. The molecular formula is C21H19NO2. The number of benzene rings is 3. The molecule has 0 saturated heterocycles. The molecule has 1 unspecified atom stereocenters. The van der Waals surface area contributed by atoms with Crippen LogP contribution in [0.1, 0.15) is 28.9 Å². The molecule has 120 valence electrons. The molecule has 3 aromatic carbocycles. The Morgan fingerprint density at radius 2 is 1.42 bits per heavy atom. The number of para-hydroxylation sites is 2. The Labute approximate surface area is 141 Å². The van der Waals surface area contributed by atoms with Crippen molar-refractivity contribution < 1.29 is 9.53 Å². The summed E-state index contributed by atoms with van der Waals surface area (Å²) in [6, 6.07) is 26.5. The Kier molecular flexibility index (Phi) is 4.92. The fourth-order valence-corrected chi connectivity index (χ4v) is 2.46. The Hall–Kier alpha value is -3.07. The van der Waals surface area contributed by atoms with Crippen LogP contribution < -0.4 is 10.1 Å². The molecule has 0 fully saturated rings. The van der Waals surface area contributed by atoms with Crippen LogP contribution >= 0.6 is 0 Å². The second kappa shape index (κ2) is 7.47. The normalized spacial score (nSPS) is 11.5. The van der Waals surface area contributed by atoms with Gasteiger partial charge in [-0.1, -0.05) is 60.7 Å². The fourth-order valence-electron chi connectivity index (χ4n) is 2.46. The predicted octanol–water partition coefficient (Wildman–Crippen LogP) is 4.97. The van der Waals surface area contributed by atoms with Crippen molar-refractivity contribution in [1.29, 1.82) is 0 Å². The first-order chi connectivity index (χ1) is 11.7. The molecule has 0 radical (unpaired) electrons. The van der Waals surface area contributed by atoms with Gasteiger partial charge < -0.3 is 10.1 Å². The van der Waals surface area contributed by atoms with Gasteiger partial charge in [-0.25, -0.2) is 0 Å². The standard InChI is InChI=1S/C21H19NO2/c1-16(17-10-4-2-5-11-17)22-21(23)19-14-8-9-15-20(19)24-18-12-6-3-7-13-18/h2-16H,1H3,(H,22,23). The molecule has 1 atom stereocenters. The van der Waals surface area contributed by atoms with E-state index >= 15 is 0 Å². The molecular weight excluding hydrogens is 298 g/mol. The first kappa shape index (κ1) is 15.8. The van der Waals surface area contributed by atoms with Gasteiger partial charge in [-0.15, -0.1) is 0 Å². The Balaban J connectivity index is 1.78. The van der Waals surface area contributed by atoms with E-state index < -0.39 is 0 Å². The van der Waals surface area contributed by atoms with Crippen LogP contribution in [-0.2, 0) is 0 Å². The van der Waals surface area contributed by atoms with Crippen molar-refractivity contribution in [2.24, 2.45) is 0 Å². The molecule has 0 heterocycles. The van der Waals surface area contributed by atoms with Crippen LogP contribution in [-0.4, -0.2) is 5.91 Å². The van der Waals surface area contributed by atoms with Crippen LogP contribution in [0.5, 0.6) is 11.5 Å². The van der Waals surface area contributed by atoms with Gasteiger partial charge in [0, 0.05) is 0 Å². The minimum atomic E-state index is -0.155. The SMILES string of the molecule is CC(NC(=O)c1ccccc1Oc1ccccc1)c1ccccc1. The van der Waals surface area contributed by atoms with Crippen molar-refractivity contribution in [3.05, 3.63) is 96.1 Å². The number of hydrogen-bond acceptors (Lipinski definition) is 2. The summed E-state index contributed by atoms with van der Waals surface area (Å²) in [6.45, 7) is 1.97. The number of carbonyl (C=O) groups excluding carboxylic acids is 1. The van der Waals surface area contributed by atoms with Crippen molar-refractivity contribution in [2.75, 3.05) is 0 Å². The highest BCUT2D eigenvalue weighted by atomic mass is 16.5. The van der Waals surface area contributed by atoms with Crippen molar-refractivity contribution in [3.8, 4) is 11.5 Å². The summed E-state index contributed by atoms with van der Waals surface area (Å²) in [6.07, 6.45) is 0. The number of carbonyl (C=O) groups is 1. The van der Waals surface area contributed by atoms with E-state index in [0.717, 1.165) is 5.56 Å². The molecule has 3 nitrogen and oxygen atoms in total. The van der Waals surface area contributed by atoms with Gasteiger partial charge in [0.2, 0.25) is 0 Å². The molecule has 0 saturated carbocycles. The maximum absolute atomic E-state index is 12.6. The minimum absolute atomic E-state index is 0.0801. The highest BCUT2D eigenvalue weighted by Crippen LogP contribution is 2.25. The quantitative estimate of drug-likeness (QED) is 0.721. The van der Waals surface area contributed by atoms with Gasteiger partial charge in [0.15, 0.2) is 0 Å². The van der Waals surface area contributed by atoms with Gasteiger partial charge in [-0.05, 0) is 36.8 Å². The fraction of sp³-hybridized carbons (Fsp3) is 0.0952. The molecule has 0 aliphatic heterocycles. The minimum Gasteiger partial charge on any atom is -0.457 e. The van der Waals surface area contributed by atoms with E-state index in [0.29, 0.717) is 17.1 Å². The summed E-state index contributed by atoms with van der Waals surface area (Å²) in [4.78, 5) is 12.6. The highest BCUT2D eigenvalue weighted by molar-refractivity contribution is 5.97. The van der Waals surface area contributed by atoms with E-state index in [9.17, 15) is 4.79 Å². The third kappa shape index (κ3) is 3.82. The van der Waals surface area contributed by atoms with Crippen molar-refractivity contribution in [2.45, 2.75) is 13.0 Å². The second-order valence-corrected chi connectivity index (χ2v) is 5.52. The zero-order valence-electron chi connectivity index (χ0n) is 13.5. The van der Waals surface area contributed by atoms with Gasteiger partial charge in [0.1, 0.15) is 11.5 Å². The van der Waals surface area contributed by atoms with Crippen molar-refractivity contribution in [3.63, 3.8) is 0 Å². The lowest BCUT2D eigenvalue weighted by Gasteiger charge is -2.16. The number of ether oxygens (including phenoxy) is 1. The zero-order chi connectivity index (χ0) is 16.8. The summed E-state index contributed by atoms with van der Waals surface area (Å²) in [5, 5.41) is 3.02. The van der Waals surface area contributed by atoms with E-state index in [1.54, 1.807) is 12.1 Å². The number of hydrogen-bond donors (Lipinski definition) is 1. The van der Waals surface area contributed by atoms with E-state index in [1.165, 1.54) is 0 Å². The highest BCUT2D eigenvalue weighted by Gasteiger charge is 2.15. The molecule has 1 N–H and O–H groups in total. The largest absolute Gasteiger partial charge is 0.457 e. The van der Waals surface area contributed by atoms with E-state index in [-0.39, 0.29) is 11.9 Å². The molecule has 0 aliphatic carbocycles. The maximum Gasteiger partial charge on any atom is 0.255 e. The average molecular weight is 317 g/mol. The number of nitrogens with one attached hydrogen (secondary N) is 1. The molecule has 3 rings (SSSR count). The van der Waals surface area contributed by atoms with Crippen molar-refractivity contribution >= 4 is 5.91 Å². The molecule has 3 aromatic rings. The van der Waals surface area contributed by atoms with E-state index in [2.05, 4.69) is 5.32 Å². The van der Waals surface area contributed by atoms with Crippen LogP contribution in [0.2, 0.25) is 0 Å². The van der Waals surface area contributed by atoms with Crippen LogP contribution in [0.3, 0.4) is 0 Å². The molecule has 0 bridgehead atoms. The van der Waals surface area contributed by atoms with Crippen LogP contribution in [0, 0.1) is 0 Å². The maximum atomic E-state index is 12.6. The Bertz CT molecular complexity index is 800. The van der Waals surface area contributed by atoms with Gasteiger partial charge in [-0.3, -0.25) is 4.79 Å². The summed E-state index contributed by atoms with van der Waals surface area (Å²) in [5.41, 5.74) is 1.58. The lowest BCUT2D eigenvalue weighted by Crippen LogP contribution is -2.26. The smallest absolute Gasteiger partial charge is 0.255 e. The predicted molar refractivity (Wildman–Crippen MR) is 95.3 cm³/mol. The summed E-state index contributed by atoms with van der Waals surface area (Å²) < 4.78 is 5.86. The molecule has 1 amide bonds. The summed E-state index contributed by atoms with van der Waals surface area (Å²) in [5.74, 6) is 1.09. The van der Waals surface area contributed by atoms with Gasteiger partial charge in [0.05, 0.1) is 11.6 Å². The second-order valence-electron chi connectivity index (χ2n) is 5.52. The van der Waals surface area contributed by atoms with Crippen LogP contribution in [0.15, 0.2) is 84.9 Å². The van der Waals surface area contributed by atoms with Crippen LogP contribution in [0.25, 0.3) is 0 Å². The number of rotatable bonds is 5. The summed E-state index contributed by atoms with van der Waals surface area (Å²) in [7, 11) is 0. The monoisotopic (exact) mass is 317 g/mol. The molecule has 0 aromatic heterocycles. The molecule has 0 aliphatic rings. The molecule has 0 spiro atoms. The van der Waals surface area contributed by atoms with Crippen LogP contribution in [0.4, 0.5) is 0 Å². The average Bonchev–Trinajstić information content (AvgIpc) is 2.63. The van der Waals surface area contributed by atoms with Crippen molar-refractivity contribution in [1.82, 2.24) is 5.32 Å². The first-order valence-corrected chi connectivity index (χ1v) is 7.92. The first-order valence-electron chi connectivity index (χ1n) is 7.92. The van der Waals surface area contributed by atoms with Gasteiger partial charge in [0.25, 0.3) is 5.91 Å². The number of amides is 1. The third-order valence-electron chi connectivity index (χ3n) is 3.75. The lowest BCUT2D eigenvalue weighted by molar-refractivity contribution is 0.0937. The summed E-state index contributed by atoms with van der Waals surface area (Å²) >= 11 is 0. The van der Waals surface area contributed by atoms with E-state index in [1.807, 2.05) is 79.7 Å². The Morgan fingerprint density at radius 3 is 2.12 bits per heavy atom.